The SMILES string of the molecule is COc1cc(OC)c(NC(=O)c2ccc(Oc3ccc([Si](C)(C)C)cc3C)o2)c(OC)c1. The summed E-state index contributed by atoms with van der Waals surface area (Å²) in [5, 5.41) is 4.12. The molecule has 0 aliphatic heterocycles. The van der Waals surface area contributed by atoms with Crippen molar-refractivity contribution in [1.82, 2.24) is 0 Å². The second-order valence-corrected chi connectivity index (χ2v) is 13.4. The highest BCUT2D eigenvalue weighted by molar-refractivity contribution is 6.88. The Bertz CT molecular complexity index is 1090. The number of hydrogen-bond acceptors (Lipinski definition) is 6. The molecule has 0 spiro atoms. The number of furan rings is 1. The lowest BCUT2D eigenvalue weighted by Crippen LogP contribution is -2.37. The van der Waals surface area contributed by atoms with Gasteiger partial charge in [0, 0.05) is 18.2 Å². The average molecular weight is 456 g/mol. The minimum atomic E-state index is -1.41. The lowest BCUT2D eigenvalue weighted by Gasteiger charge is -2.18. The number of rotatable bonds is 8. The number of hydrogen-bond donors (Lipinski definition) is 1. The maximum absolute atomic E-state index is 12.8. The molecule has 1 amide bonds. The predicted octanol–water partition coefficient (Wildman–Crippen LogP) is 5.20. The fraction of sp³-hybridized carbons (Fsp3) is 0.292. The Labute approximate surface area is 189 Å². The van der Waals surface area contributed by atoms with E-state index in [1.54, 1.807) is 24.3 Å². The molecule has 2 aromatic carbocycles. The first-order valence-corrected chi connectivity index (χ1v) is 13.7. The highest BCUT2D eigenvalue weighted by atomic mass is 28.3. The zero-order valence-corrected chi connectivity index (χ0v) is 20.5. The van der Waals surface area contributed by atoms with Gasteiger partial charge in [-0.1, -0.05) is 37.0 Å². The van der Waals surface area contributed by atoms with Gasteiger partial charge in [0.1, 0.15) is 28.7 Å². The van der Waals surface area contributed by atoms with Crippen LogP contribution >= 0.6 is 0 Å². The van der Waals surface area contributed by atoms with Crippen LogP contribution in [-0.4, -0.2) is 35.3 Å². The summed E-state index contributed by atoms with van der Waals surface area (Å²) < 4.78 is 27.5. The molecule has 170 valence electrons. The molecule has 0 saturated heterocycles. The highest BCUT2D eigenvalue weighted by Crippen LogP contribution is 2.39. The van der Waals surface area contributed by atoms with Gasteiger partial charge in [0.2, 0.25) is 0 Å². The Morgan fingerprint density at radius 3 is 2.06 bits per heavy atom. The van der Waals surface area contributed by atoms with Crippen molar-refractivity contribution in [2.24, 2.45) is 0 Å². The minimum absolute atomic E-state index is 0.0938. The maximum Gasteiger partial charge on any atom is 0.291 e. The van der Waals surface area contributed by atoms with Crippen molar-refractivity contribution in [2.45, 2.75) is 26.6 Å². The van der Waals surface area contributed by atoms with Crippen LogP contribution in [0.2, 0.25) is 19.6 Å². The van der Waals surface area contributed by atoms with Gasteiger partial charge in [-0.2, -0.15) is 0 Å². The molecule has 0 bridgehead atoms. The lowest BCUT2D eigenvalue weighted by atomic mass is 10.2. The summed E-state index contributed by atoms with van der Waals surface area (Å²) in [6.45, 7) is 8.89. The van der Waals surface area contributed by atoms with Gasteiger partial charge in [0.15, 0.2) is 5.76 Å². The van der Waals surface area contributed by atoms with Crippen molar-refractivity contribution in [3.8, 4) is 28.9 Å². The summed E-state index contributed by atoms with van der Waals surface area (Å²) in [6.07, 6.45) is 0. The van der Waals surface area contributed by atoms with E-state index in [9.17, 15) is 4.79 Å². The fourth-order valence-corrected chi connectivity index (χ4v) is 4.37. The fourth-order valence-electron chi connectivity index (χ4n) is 3.14. The normalized spacial score (nSPS) is 11.1. The molecular weight excluding hydrogens is 426 g/mol. The van der Waals surface area contributed by atoms with Gasteiger partial charge in [-0.05, 0) is 24.6 Å². The first-order chi connectivity index (χ1) is 15.2. The van der Waals surface area contributed by atoms with Crippen LogP contribution in [0.1, 0.15) is 16.1 Å². The summed E-state index contributed by atoms with van der Waals surface area (Å²) in [4.78, 5) is 12.8. The van der Waals surface area contributed by atoms with E-state index in [2.05, 4.69) is 37.1 Å². The summed E-state index contributed by atoms with van der Waals surface area (Å²) in [7, 11) is 3.13. The van der Waals surface area contributed by atoms with Crippen molar-refractivity contribution in [2.75, 3.05) is 26.6 Å². The van der Waals surface area contributed by atoms with E-state index < -0.39 is 14.0 Å². The third-order valence-electron chi connectivity index (χ3n) is 5.01. The number of amides is 1. The Morgan fingerprint density at radius 2 is 1.53 bits per heavy atom. The smallest absolute Gasteiger partial charge is 0.291 e. The predicted molar refractivity (Wildman–Crippen MR) is 127 cm³/mol. The largest absolute Gasteiger partial charge is 0.496 e. The van der Waals surface area contributed by atoms with Crippen LogP contribution in [0.4, 0.5) is 5.69 Å². The van der Waals surface area contributed by atoms with Crippen molar-refractivity contribution in [3.05, 3.63) is 53.8 Å². The van der Waals surface area contributed by atoms with Gasteiger partial charge < -0.3 is 28.7 Å². The first-order valence-electron chi connectivity index (χ1n) is 10.2. The van der Waals surface area contributed by atoms with Crippen LogP contribution in [0.5, 0.6) is 28.9 Å². The van der Waals surface area contributed by atoms with Gasteiger partial charge in [-0.25, -0.2) is 0 Å². The number of aryl methyl sites for hydroxylation is 1. The van der Waals surface area contributed by atoms with E-state index in [1.807, 2.05) is 13.0 Å². The summed E-state index contributed by atoms with van der Waals surface area (Å²) in [5.74, 6) is 1.88. The number of anilines is 1. The molecule has 3 rings (SSSR count). The number of nitrogens with one attached hydrogen (secondary N) is 1. The molecule has 1 heterocycles. The Balaban J connectivity index is 1.79. The van der Waals surface area contributed by atoms with Gasteiger partial charge in [0.25, 0.3) is 11.9 Å². The number of ether oxygens (including phenoxy) is 4. The van der Waals surface area contributed by atoms with Crippen LogP contribution < -0.4 is 29.5 Å². The molecule has 0 aliphatic rings. The molecule has 1 N–H and O–H groups in total. The van der Waals surface area contributed by atoms with Crippen molar-refractivity contribution < 1.29 is 28.2 Å². The van der Waals surface area contributed by atoms with Crippen LogP contribution in [0.3, 0.4) is 0 Å². The molecule has 0 unspecified atom stereocenters. The molecule has 0 saturated carbocycles. The first kappa shape index (κ1) is 23.3. The van der Waals surface area contributed by atoms with E-state index in [-0.39, 0.29) is 11.7 Å². The van der Waals surface area contributed by atoms with Gasteiger partial charge in [-0.3, -0.25) is 4.79 Å². The van der Waals surface area contributed by atoms with Crippen LogP contribution in [0.25, 0.3) is 0 Å². The van der Waals surface area contributed by atoms with Crippen LogP contribution in [-0.2, 0) is 0 Å². The van der Waals surface area contributed by atoms with Crippen LogP contribution in [0.15, 0.2) is 46.9 Å². The third-order valence-corrected chi connectivity index (χ3v) is 7.05. The second kappa shape index (κ2) is 9.40. The van der Waals surface area contributed by atoms with E-state index in [0.29, 0.717) is 28.7 Å². The number of carbonyl (C=O) groups excluding carboxylic acids is 1. The maximum atomic E-state index is 12.8. The van der Waals surface area contributed by atoms with E-state index in [0.717, 1.165) is 5.56 Å². The number of carbonyl (C=O) groups is 1. The van der Waals surface area contributed by atoms with Gasteiger partial charge in [-0.15, -0.1) is 0 Å². The van der Waals surface area contributed by atoms with E-state index >= 15 is 0 Å². The Hall–Kier alpha value is -3.39. The lowest BCUT2D eigenvalue weighted by molar-refractivity contribution is 0.0991. The molecule has 0 fully saturated rings. The second-order valence-electron chi connectivity index (χ2n) is 8.31. The monoisotopic (exact) mass is 455 g/mol. The number of benzene rings is 2. The molecule has 1 aromatic heterocycles. The van der Waals surface area contributed by atoms with E-state index in [1.165, 1.54) is 26.5 Å². The van der Waals surface area contributed by atoms with Crippen molar-refractivity contribution >= 4 is 24.9 Å². The summed E-state index contributed by atoms with van der Waals surface area (Å²) in [6, 6.07) is 12.7. The zero-order valence-electron chi connectivity index (χ0n) is 19.5. The zero-order chi connectivity index (χ0) is 23.5. The van der Waals surface area contributed by atoms with Gasteiger partial charge in [0.05, 0.1) is 29.4 Å². The van der Waals surface area contributed by atoms with Crippen molar-refractivity contribution in [3.63, 3.8) is 0 Å². The average Bonchev–Trinajstić information content (AvgIpc) is 3.23. The standard InChI is InChI=1S/C24H29NO6Si/c1-15-12-17(32(5,6)7)8-9-18(15)30-22-11-10-19(31-22)24(26)25-23-20(28-3)13-16(27-2)14-21(23)29-4/h8-14H,1-7H3,(H,25,26). The Kier molecular flexibility index (Phi) is 6.83. The van der Waals surface area contributed by atoms with Crippen molar-refractivity contribution in [1.29, 1.82) is 0 Å². The molecule has 3 aromatic rings. The third kappa shape index (κ3) is 5.08. The summed E-state index contributed by atoms with van der Waals surface area (Å²) in [5.41, 5.74) is 1.39. The number of methoxy groups -OCH3 is 3. The molecule has 32 heavy (non-hydrogen) atoms. The molecule has 0 atom stereocenters. The quantitative estimate of drug-likeness (QED) is 0.470. The molecular formula is C24H29NO6Si. The van der Waals surface area contributed by atoms with Gasteiger partial charge >= 0.3 is 0 Å². The van der Waals surface area contributed by atoms with Crippen LogP contribution in [0, 0.1) is 6.92 Å². The molecule has 0 aliphatic carbocycles. The molecule has 7 nitrogen and oxygen atoms in total. The summed E-state index contributed by atoms with van der Waals surface area (Å²) >= 11 is 0. The highest BCUT2D eigenvalue weighted by Gasteiger charge is 2.20. The Morgan fingerprint density at radius 1 is 0.875 bits per heavy atom. The molecule has 0 radical (unpaired) electrons. The van der Waals surface area contributed by atoms with E-state index in [4.69, 9.17) is 23.4 Å². The topological polar surface area (TPSA) is 79.2 Å². The molecule has 8 heteroatoms. The minimum Gasteiger partial charge on any atom is -0.496 e.